The SMILES string of the molecule is C=C/C=C\C=C(/C)C1C=CC=C(N(c2ccccc2)c2ccc(-c3ccc4c(c3)C(C)(C)c3ccccc3-4)c(-c3ccccc3)c2)C=C1. The number of fused-ring (bicyclic) bond motifs is 3. The number of hydrogen-bond acceptors (Lipinski definition) is 1. The number of anilines is 2. The van der Waals surface area contributed by atoms with Crippen molar-refractivity contribution in [3.8, 4) is 33.4 Å². The summed E-state index contributed by atoms with van der Waals surface area (Å²) in [4.78, 5) is 2.36. The Kier molecular flexibility index (Phi) is 8.53. The summed E-state index contributed by atoms with van der Waals surface area (Å²) in [5, 5.41) is 0. The Labute approximate surface area is 285 Å². The first-order valence-electron chi connectivity index (χ1n) is 16.8. The van der Waals surface area contributed by atoms with E-state index in [1.165, 1.54) is 50.1 Å². The summed E-state index contributed by atoms with van der Waals surface area (Å²) in [5.41, 5.74) is 14.9. The molecule has 5 aromatic rings. The molecule has 1 nitrogen and oxygen atoms in total. The molecule has 7 rings (SSSR count). The quantitative estimate of drug-likeness (QED) is 0.156. The first kappa shape index (κ1) is 31.0. The smallest absolute Gasteiger partial charge is 0.0468 e. The molecule has 0 aliphatic heterocycles. The van der Waals surface area contributed by atoms with Crippen molar-refractivity contribution >= 4 is 11.4 Å². The second kappa shape index (κ2) is 13.2. The molecule has 234 valence electrons. The van der Waals surface area contributed by atoms with Crippen molar-refractivity contribution in [1.29, 1.82) is 0 Å². The number of para-hydroxylation sites is 1. The molecule has 48 heavy (non-hydrogen) atoms. The Morgan fingerprint density at radius 3 is 2.15 bits per heavy atom. The Hall–Kier alpha value is -5.66. The molecule has 1 unspecified atom stereocenters. The van der Waals surface area contributed by atoms with Gasteiger partial charge in [0.25, 0.3) is 0 Å². The van der Waals surface area contributed by atoms with Crippen LogP contribution in [0.2, 0.25) is 0 Å². The third-order valence-electron chi connectivity index (χ3n) is 9.71. The van der Waals surface area contributed by atoms with Crippen LogP contribution in [0.1, 0.15) is 31.9 Å². The lowest BCUT2D eigenvalue weighted by molar-refractivity contribution is 0.660. The molecule has 0 bridgehead atoms. The molecule has 0 fully saturated rings. The zero-order chi connectivity index (χ0) is 33.1. The van der Waals surface area contributed by atoms with Crippen LogP contribution < -0.4 is 4.90 Å². The summed E-state index contributed by atoms with van der Waals surface area (Å²) < 4.78 is 0. The van der Waals surface area contributed by atoms with Crippen LogP contribution in [0.15, 0.2) is 194 Å². The third kappa shape index (κ3) is 5.85. The summed E-state index contributed by atoms with van der Waals surface area (Å²) in [6.07, 6.45) is 19.2. The lowest BCUT2D eigenvalue weighted by atomic mass is 9.81. The van der Waals surface area contributed by atoms with Gasteiger partial charge in [0.15, 0.2) is 0 Å². The fraction of sp³-hybridized carbons (Fsp3) is 0.106. The van der Waals surface area contributed by atoms with Gasteiger partial charge in [0.1, 0.15) is 0 Å². The minimum atomic E-state index is -0.0575. The Balaban J connectivity index is 1.34. The summed E-state index contributed by atoms with van der Waals surface area (Å²) >= 11 is 0. The van der Waals surface area contributed by atoms with Gasteiger partial charge in [-0.15, -0.1) is 0 Å². The molecule has 0 N–H and O–H groups in total. The second-order valence-corrected chi connectivity index (χ2v) is 13.1. The van der Waals surface area contributed by atoms with Gasteiger partial charge in [-0.3, -0.25) is 0 Å². The van der Waals surface area contributed by atoms with E-state index in [1.54, 1.807) is 6.08 Å². The number of allylic oxidation sites excluding steroid dienone is 10. The van der Waals surface area contributed by atoms with Gasteiger partial charge in [-0.25, -0.2) is 0 Å². The highest BCUT2D eigenvalue weighted by Crippen LogP contribution is 2.50. The molecular weight excluding hydrogens is 579 g/mol. The van der Waals surface area contributed by atoms with Crippen LogP contribution >= 0.6 is 0 Å². The van der Waals surface area contributed by atoms with E-state index in [9.17, 15) is 0 Å². The van der Waals surface area contributed by atoms with Crippen molar-refractivity contribution in [2.45, 2.75) is 26.2 Å². The van der Waals surface area contributed by atoms with Gasteiger partial charge in [0.05, 0.1) is 0 Å². The molecule has 1 atom stereocenters. The molecule has 0 saturated carbocycles. The maximum absolute atomic E-state index is 3.79. The minimum Gasteiger partial charge on any atom is -0.310 e. The van der Waals surface area contributed by atoms with Crippen LogP contribution in [0.25, 0.3) is 33.4 Å². The van der Waals surface area contributed by atoms with Crippen LogP contribution in [-0.2, 0) is 5.41 Å². The van der Waals surface area contributed by atoms with Crippen LogP contribution in [0.3, 0.4) is 0 Å². The average Bonchev–Trinajstić information content (AvgIpc) is 3.25. The van der Waals surface area contributed by atoms with Gasteiger partial charge in [-0.05, 0) is 93.9 Å². The molecule has 0 amide bonds. The van der Waals surface area contributed by atoms with E-state index < -0.39 is 0 Å². The van der Waals surface area contributed by atoms with E-state index in [4.69, 9.17) is 0 Å². The fourth-order valence-corrected chi connectivity index (χ4v) is 7.12. The predicted octanol–water partition coefficient (Wildman–Crippen LogP) is 12.8. The van der Waals surface area contributed by atoms with Crippen LogP contribution in [0.4, 0.5) is 11.4 Å². The molecule has 0 aromatic heterocycles. The molecule has 5 aromatic carbocycles. The van der Waals surface area contributed by atoms with Crippen molar-refractivity contribution in [2.75, 3.05) is 4.90 Å². The van der Waals surface area contributed by atoms with Gasteiger partial charge in [-0.1, -0.05) is 160 Å². The Morgan fingerprint density at radius 1 is 0.646 bits per heavy atom. The largest absolute Gasteiger partial charge is 0.310 e. The summed E-state index contributed by atoms with van der Waals surface area (Å²) in [5.74, 6) is 0.211. The monoisotopic (exact) mass is 619 g/mol. The van der Waals surface area contributed by atoms with Crippen molar-refractivity contribution in [3.05, 3.63) is 205 Å². The number of hydrogen-bond donors (Lipinski definition) is 0. The highest BCUT2D eigenvalue weighted by molar-refractivity contribution is 5.90. The summed E-state index contributed by atoms with van der Waals surface area (Å²) in [7, 11) is 0. The topological polar surface area (TPSA) is 3.24 Å². The molecular formula is C47H41N. The molecule has 1 heteroatoms. The highest BCUT2D eigenvalue weighted by atomic mass is 15.1. The van der Waals surface area contributed by atoms with Crippen molar-refractivity contribution < 1.29 is 0 Å². The van der Waals surface area contributed by atoms with Crippen molar-refractivity contribution in [3.63, 3.8) is 0 Å². The van der Waals surface area contributed by atoms with Gasteiger partial charge in [0, 0.05) is 28.4 Å². The van der Waals surface area contributed by atoms with Crippen molar-refractivity contribution in [1.82, 2.24) is 0 Å². The maximum atomic E-state index is 3.79. The highest BCUT2D eigenvalue weighted by Gasteiger charge is 2.35. The molecule has 2 aliphatic carbocycles. The normalized spacial score (nSPS) is 16.3. The Morgan fingerprint density at radius 2 is 1.35 bits per heavy atom. The predicted molar refractivity (Wildman–Crippen MR) is 206 cm³/mol. The van der Waals surface area contributed by atoms with E-state index in [2.05, 4.69) is 190 Å². The van der Waals surface area contributed by atoms with E-state index in [1.807, 2.05) is 12.2 Å². The van der Waals surface area contributed by atoms with E-state index in [0.717, 1.165) is 17.1 Å². The van der Waals surface area contributed by atoms with E-state index >= 15 is 0 Å². The number of rotatable bonds is 8. The zero-order valence-electron chi connectivity index (χ0n) is 28.0. The molecule has 0 spiro atoms. The van der Waals surface area contributed by atoms with Crippen molar-refractivity contribution in [2.24, 2.45) is 5.92 Å². The average molecular weight is 620 g/mol. The maximum Gasteiger partial charge on any atom is 0.0468 e. The van der Waals surface area contributed by atoms with E-state index in [-0.39, 0.29) is 11.3 Å². The van der Waals surface area contributed by atoms with Gasteiger partial charge < -0.3 is 4.90 Å². The Bertz CT molecular complexity index is 2120. The molecule has 2 aliphatic rings. The van der Waals surface area contributed by atoms with E-state index in [0.29, 0.717) is 0 Å². The first-order chi connectivity index (χ1) is 23.5. The zero-order valence-corrected chi connectivity index (χ0v) is 28.0. The van der Waals surface area contributed by atoms with Crippen LogP contribution in [-0.4, -0.2) is 0 Å². The number of benzene rings is 5. The summed E-state index contributed by atoms with van der Waals surface area (Å²) in [6.45, 7) is 10.7. The lowest BCUT2D eigenvalue weighted by Gasteiger charge is -2.28. The fourth-order valence-electron chi connectivity index (χ4n) is 7.12. The first-order valence-corrected chi connectivity index (χ1v) is 16.8. The third-order valence-corrected chi connectivity index (χ3v) is 9.71. The minimum absolute atomic E-state index is 0.0575. The molecule has 0 saturated heterocycles. The number of nitrogens with zero attached hydrogens (tertiary/aromatic N) is 1. The van der Waals surface area contributed by atoms with Gasteiger partial charge in [0.2, 0.25) is 0 Å². The van der Waals surface area contributed by atoms with Gasteiger partial charge >= 0.3 is 0 Å². The standard InChI is InChI=1S/C47H41N/c1-5-6-9-17-34(2)35-20-16-23-39(28-26-35)48(38-21-12-8-13-22-38)40-29-31-41(44(33-40)36-18-10-7-11-19-36)37-27-30-43-42-24-14-15-25-45(42)47(3,4)46(43)32-37/h5-33,35H,1H2,2-4H3/b9-6-,34-17+. The van der Waals surface area contributed by atoms with Crippen LogP contribution in [0, 0.1) is 5.92 Å². The van der Waals surface area contributed by atoms with Crippen LogP contribution in [0.5, 0.6) is 0 Å². The molecule has 0 radical (unpaired) electrons. The second-order valence-electron chi connectivity index (χ2n) is 13.1. The van der Waals surface area contributed by atoms with Gasteiger partial charge in [-0.2, -0.15) is 0 Å². The lowest BCUT2D eigenvalue weighted by Crippen LogP contribution is -2.15. The summed E-state index contributed by atoms with van der Waals surface area (Å²) in [6, 6.07) is 44.3. The molecule has 0 heterocycles.